The zero-order chi connectivity index (χ0) is 14.7. The van der Waals surface area contributed by atoms with Crippen LogP contribution in [0.25, 0.3) is 5.52 Å². The van der Waals surface area contributed by atoms with Crippen LogP contribution < -0.4 is 0 Å². The fourth-order valence-electron chi connectivity index (χ4n) is 2.67. The van der Waals surface area contributed by atoms with E-state index in [1.54, 1.807) is 6.20 Å². The molecule has 1 aromatic carbocycles. The van der Waals surface area contributed by atoms with Crippen molar-refractivity contribution in [2.24, 2.45) is 0 Å². The van der Waals surface area contributed by atoms with Gasteiger partial charge in [0.2, 0.25) is 0 Å². The molecule has 0 aliphatic rings. The van der Waals surface area contributed by atoms with E-state index in [4.69, 9.17) is 0 Å². The molecule has 0 unspecified atom stereocenters. The molecule has 3 rings (SSSR count). The third-order valence-corrected chi connectivity index (χ3v) is 3.61. The van der Waals surface area contributed by atoms with E-state index in [1.165, 1.54) is 11.1 Å². The number of pyridine rings is 1. The molecule has 0 fully saturated rings. The number of aliphatic hydroxyl groups excluding tert-OH is 1. The Kier molecular flexibility index (Phi) is 3.99. The highest BCUT2D eigenvalue weighted by Gasteiger charge is 2.10. The molecule has 108 valence electrons. The summed E-state index contributed by atoms with van der Waals surface area (Å²) in [6.45, 7) is 1.73. The van der Waals surface area contributed by atoms with Gasteiger partial charge < -0.3 is 5.11 Å². The lowest BCUT2D eigenvalue weighted by Crippen LogP contribution is -2.17. The molecule has 0 aliphatic carbocycles. The highest BCUT2D eigenvalue weighted by molar-refractivity contribution is 5.60. The van der Waals surface area contributed by atoms with Crippen molar-refractivity contribution in [1.82, 2.24) is 14.5 Å². The van der Waals surface area contributed by atoms with Crippen LogP contribution in [0.5, 0.6) is 0 Å². The quantitative estimate of drug-likeness (QED) is 0.781. The Hall–Kier alpha value is -2.17. The van der Waals surface area contributed by atoms with Gasteiger partial charge in [-0.2, -0.15) is 5.10 Å². The van der Waals surface area contributed by atoms with E-state index in [-0.39, 0.29) is 6.61 Å². The molecule has 4 nitrogen and oxygen atoms in total. The van der Waals surface area contributed by atoms with Gasteiger partial charge in [-0.15, -0.1) is 0 Å². The van der Waals surface area contributed by atoms with Crippen LogP contribution in [0.2, 0.25) is 0 Å². The second kappa shape index (κ2) is 6.08. The van der Waals surface area contributed by atoms with Crippen molar-refractivity contribution in [2.45, 2.75) is 19.7 Å². The zero-order valence-electron chi connectivity index (χ0n) is 12.1. The summed E-state index contributed by atoms with van der Waals surface area (Å²) < 4.78 is 1.83. The third kappa shape index (κ3) is 2.96. The lowest BCUT2D eigenvalue weighted by Gasteiger charge is -2.17. The maximum absolute atomic E-state index is 9.45. The van der Waals surface area contributed by atoms with Crippen molar-refractivity contribution in [3.8, 4) is 0 Å². The zero-order valence-corrected chi connectivity index (χ0v) is 12.1. The summed E-state index contributed by atoms with van der Waals surface area (Å²) in [5, 5.41) is 13.7. The monoisotopic (exact) mass is 281 g/mol. The van der Waals surface area contributed by atoms with Crippen molar-refractivity contribution in [2.75, 3.05) is 7.05 Å². The first kappa shape index (κ1) is 13.8. The molecule has 21 heavy (non-hydrogen) atoms. The van der Waals surface area contributed by atoms with Crippen molar-refractivity contribution < 1.29 is 5.11 Å². The Morgan fingerprint density at radius 1 is 1.05 bits per heavy atom. The second-order valence-corrected chi connectivity index (χ2v) is 5.31. The summed E-state index contributed by atoms with van der Waals surface area (Å²) >= 11 is 0. The maximum Gasteiger partial charge on any atom is 0.0761 e. The molecule has 3 aromatic rings. The summed E-state index contributed by atoms with van der Waals surface area (Å²) in [5.41, 5.74) is 4.36. The van der Waals surface area contributed by atoms with Crippen LogP contribution in [0.15, 0.2) is 54.9 Å². The van der Waals surface area contributed by atoms with Gasteiger partial charge in [-0.05, 0) is 24.2 Å². The number of nitrogens with zero attached hydrogens (tertiary/aromatic N) is 3. The van der Waals surface area contributed by atoms with Gasteiger partial charge in [0.1, 0.15) is 0 Å². The highest BCUT2D eigenvalue weighted by Crippen LogP contribution is 2.18. The number of benzene rings is 1. The summed E-state index contributed by atoms with van der Waals surface area (Å²) in [4.78, 5) is 2.26. The Morgan fingerprint density at radius 2 is 1.86 bits per heavy atom. The lowest BCUT2D eigenvalue weighted by atomic mass is 10.1. The SMILES string of the molecule is CN(Cc1ccccc1)Cc1cccn2ncc(CO)c12. The molecule has 0 bridgehead atoms. The van der Waals surface area contributed by atoms with Crippen molar-refractivity contribution in [3.05, 3.63) is 71.5 Å². The number of rotatable bonds is 5. The maximum atomic E-state index is 9.45. The van der Waals surface area contributed by atoms with Gasteiger partial charge >= 0.3 is 0 Å². The molecule has 0 spiro atoms. The van der Waals surface area contributed by atoms with Crippen LogP contribution in [-0.4, -0.2) is 26.7 Å². The van der Waals surface area contributed by atoms with Gasteiger partial charge in [0.05, 0.1) is 18.3 Å². The van der Waals surface area contributed by atoms with E-state index in [2.05, 4.69) is 47.4 Å². The van der Waals surface area contributed by atoms with Crippen molar-refractivity contribution >= 4 is 5.52 Å². The Morgan fingerprint density at radius 3 is 2.62 bits per heavy atom. The fraction of sp³-hybridized carbons (Fsp3) is 0.235. The first-order valence-corrected chi connectivity index (χ1v) is 7.05. The lowest BCUT2D eigenvalue weighted by molar-refractivity contribution is 0.283. The normalized spacial score (nSPS) is 11.4. The number of hydrogen-bond acceptors (Lipinski definition) is 3. The molecule has 1 N–H and O–H groups in total. The predicted octanol–water partition coefficient (Wildman–Crippen LogP) is 2.46. The van der Waals surface area contributed by atoms with E-state index < -0.39 is 0 Å². The number of fused-ring (bicyclic) bond motifs is 1. The standard InChI is InChI=1S/C17H19N3O/c1-19(11-14-6-3-2-4-7-14)12-15-8-5-9-20-17(15)16(13-21)10-18-20/h2-10,21H,11-13H2,1H3. The molecule has 0 aliphatic heterocycles. The molecule has 2 aromatic heterocycles. The molecule has 0 saturated carbocycles. The molecule has 4 heteroatoms. The first-order chi connectivity index (χ1) is 10.3. The number of aliphatic hydroxyl groups is 1. The largest absolute Gasteiger partial charge is 0.392 e. The van der Waals surface area contributed by atoms with Crippen LogP contribution in [-0.2, 0) is 19.7 Å². The minimum absolute atomic E-state index is 0.0168. The molecular weight excluding hydrogens is 262 g/mol. The van der Waals surface area contributed by atoms with E-state index in [0.29, 0.717) is 0 Å². The molecule has 0 radical (unpaired) electrons. The minimum atomic E-state index is 0.0168. The van der Waals surface area contributed by atoms with Gasteiger partial charge in [-0.25, -0.2) is 4.52 Å². The Labute approximate surface area is 124 Å². The summed E-state index contributed by atoms with van der Waals surface area (Å²) in [6.07, 6.45) is 3.64. The average molecular weight is 281 g/mol. The van der Waals surface area contributed by atoms with Crippen LogP contribution in [0, 0.1) is 0 Å². The Bertz CT molecular complexity index is 721. The van der Waals surface area contributed by atoms with Crippen LogP contribution in [0.4, 0.5) is 0 Å². The highest BCUT2D eigenvalue weighted by atomic mass is 16.3. The van der Waals surface area contributed by atoms with E-state index in [9.17, 15) is 5.11 Å². The van der Waals surface area contributed by atoms with E-state index in [0.717, 1.165) is 24.2 Å². The molecule has 2 heterocycles. The van der Waals surface area contributed by atoms with Gasteiger partial charge in [-0.3, -0.25) is 4.90 Å². The summed E-state index contributed by atoms with van der Waals surface area (Å²) in [5.74, 6) is 0. The predicted molar refractivity (Wildman–Crippen MR) is 82.7 cm³/mol. The van der Waals surface area contributed by atoms with E-state index >= 15 is 0 Å². The minimum Gasteiger partial charge on any atom is -0.392 e. The van der Waals surface area contributed by atoms with Gasteiger partial charge in [0, 0.05) is 24.8 Å². The smallest absolute Gasteiger partial charge is 0.0761 e. The van der Waals surface area contributed by atoms with Crippen LogP contribution in [0.3, 0.4) is 0 Å². The van der Waals surface area contributed by atoms with Crippen molar-refractivity contribution in [1.29, 1.82) is 0 Å². The molecule has 0 atom stereocenters. The van der Waals surface area contributed by atoms with E-state index in [1.807, 2.05) is 22.8 Å². The summed E-state index contributed by atoms with van der Waals surface area (Å²) in [7, 11) is 2.10. The van der Waals surface area contributed by atoms with Gasteiger partial charge in [0.15, 0.2) is 0 Å². The topological polar surface area (TPSA) is 40.8 Å². The summed E-state index contributed by atoms with van der Waals surface area (Å²) in [6, 6.07) is 14.5. The fourth-order valence-corrected chi connectivity index (χ4v) is 2.67. The van der Waals surface area contributed by atoms with Gasteiger partial charge in [0.25, 0.3) is 0 Å². The van der Waals surface area contributed by atoms with Crippen LogP contribution >= 0.6 is 0 Å². The van der Waals surface area contributed by atoms with Crippen LogP contribution in [0.1, 0.15) is 16.7 Å². The molecule has 0 amide bonds. The first-order valence-electron chi connectivity index (χ1n) is 7.05. The third-order valence-electron chi connectivity index (χ3n) is 3.61. The molecule has 0 saturated heterocycles. The number of hydrogen-bond donors (Lipinski definition) is 1. The second-order valence-electron chi connectivity index (χ2n) is 5.31. The molecular formula is C17H19N3O. The van der Waals surface area contributed by atoms with Gasteiger partial charge in [-0.1, -0.05) is 36.4 Å². The average Bonchev–Trinajstić information content (AvgIpc) is 2.92. The Balaban J connectivity index is 1.82. The number of aromatic nitrogens is 2. The van der Waals surface area contributed by atoms with Crippen molar-refractivity contribution in [3.63, 3.8) is 0 Å².